The summed E-state index contributed by atoms with van der Waals surface area (Å²) in [6.45, 7) is 4.79. The van der Waals surface area contributed by atoms with Gasteiger partial charge in [0.1, 0.15) is 5.75 Å². The molecule has 2 rings (SSSR count). The van der Waals surface area contributed by atoms with Gasteiger partial charge in [0.15, 0.2) is 5.82 Å². The van der Waals surface area contributed by atoms with Crippen LogP contribution in [0.4, 0.5) is 0 Å². The topological polar surface area (TPSA) is 55.2 Å². The summed E-state index contributed by atoms with van der Waals surface area (Å²) < 4.78 is 7.66. The van der Waals surface area contributed by atoms with Crippen molar-refractivity contribution in [1.82, 2.24) is 14.9 Å². The monoisotopic (exact) mass is 338 g/mol. The highest BCUT2D eigenvalue weighted by Crippen LogP contribution is 2.25. The fourth-order valence-electron chi connectivity index (χ4n) is 1.88. The minimum Gasteiger partial charge on any atom is -0.492 e. The van der Waals surface area contributed by atoms with Gasteiger partial charge in [0, 0.05) is 6.42 Å². The first kappa shape index (κ1) is 16.7. The Labute approximate surface area is 140 Å². The summed E-state index contributed by atoms with van der Waals surface area (Å²) in [7, 11) is 0. The predicted octanol–water partition coefficient (Wildman–Crippen LogP) is 4.22. The van der Waals surface area contributed by atoms with Crippen molar-refractivity contribution < 1.29 is 4.74 Å². The molecule has 1 aromatic heterocycles. The molecule has 1 heterocycles. The molecule has 118 valence electrons. The van der Waals surface area contributed by atoms with Crippen molar-refractivity contribution in [2.45, 2.75) is 33.1 Å². The Kier molecular flexibility index (Phi) is 6.15. The van der Waals surface area contributed by atoms with Crippen LogP contribution in [0.1, 0.15) is 38.1 Å². The van der Waals surface area contributed by atoms with Gasteiger partial charge in [-0.1, -0.05) is 25.4 Å². The van der Waals surface area contributed by atoms with Crippen LogP contribution in [-0.2, 0) is 6.42 Å². The number of hydrogen-bond donors (Lipinski definition) is 1. The van der Waals surface area contributed by atoms with E-state index in [-0.39, 0.29) is 0 Å². The molecule has 0 aliphatic rings. The predicted molar refractivity (Wildman–Crippen MR) is 91.6 cm³/mol. The second kappa shape index (κ2) is 8.10. The quantitative estimate of drug-likeness (QED) is 0.607. The summed E-state index contributed by atoms with van der Waals surface area (Å²) in [6, 6.07) is 5.57. The Bertz CT molecular complexity index is 708. The lowest BCUT2D eigenvalue weighted by atomic mass is 10.2. The lowest BCUT2D eigenvalue weighted by Gasteiger charge is -2.07. The number of ether oxygens (including phenoxy) is 1. The normalized spacial score (nSPS) is 11.2. The summed E-state index contributed by atoms with van der Waals surface area (Å²) in [4.78, 5) is 0. The number of aryl methyl sites for hydroxylation is 1. The number of hydrogen-bond acceptors (Lipinski definition) is 4. The van der Waals surface area contributed by atoms with Crippen molar-refractivity contribution in [3.63, 3.8) is 0 Å². The number of nitrogens with zero attached hydrogens (tertiary/aromatic N) is 3. The van der Waals surface area contributed by atoms with Crippen LogP contribution in [0, 0.1) is 4.77 Å². The van der Waals surface area contributed by atoms with E-state index < -0.39 is 0 Å². The van der Waals surface area contributed by atoms with E-state index in [1.165, 1.54) is 0 Å². The molecule has 0 spiro atoms. The SMILES string of the molecule is CCCOc1ccc(/C=N\n2c(CCC)n[nH]c2=S)cc1Cl. The lowest BCUT2D eigenvalue weighted by molar-refractivity contribution is 0.317. The Balaban J connectivity index is 2.18. The smallest absolute Gasteiger partial charge is 0.216 e. The third kappa shape index (κ3) is 4.18. The summed E-state index contributed by atoms with van der Waals surface area (Å²) in [5, 5.41) is 11.9. The van der Waals surface area contributed by atoms with Gasteiger partial charge in [-0.25, -0.2) is 0 Å². The first-order valence-electron chi connectivity index (χ1n) is 7.28. The highest BCUT2D eigenvalue weighted by atomic mass is 35.5. The average molecular weight is 339 g/mol. The highest BCUT2D eigenvalue weighted by molar-refractivity contribution is 7.71. The molecule has 0 saturated heterocycles. The van der Waals surface area contributed by atoms with E-state index in [9.17, 15) is 0 Å². The first-order valence-corrected chi connectivity index (χ1v) is 8.07. The molecule has 1 aromatic carbocycles. The van der Waals surface area contributed by atoms with Crippen LogP contribution in [0.15, 0.2) is 23.3 Å². The van der Waals surface area contributed by atoms with Gasteiger partial charge < -0.3 is 4.74 Å². The molecule has 2 aromatic rings. The van der Waals surface area contributed by atoms with E-state index in [2.05, 4.69) is 29.1 Å². The van der Waals surface area contributed by atoms with Crippen LogP contribution < -0.4 is 4.74 Å². The number of aromatic nitrogens is 3. The molecule has 0 radical (unpaired) electrons. The van der Waals surface area contributed by atoms with Crippen LogP contribution in [0.3, 0.4) is 0 Å². The van der Waals surface area contributed by atoms with Crippen LogP contribution >= 0.6 is 23.8 Å². The zero-order valence-electron chi connectivity index (χ0n) is 12.7. The molecule has 0 fully saturated rings. The summed E-state index contributed by atoms with van der Waals surface area (Å²) in [6.07, 6.45) is 4.44. The van der Waals surface area contributed by atoms with Gasteiger partial charge in [0.05, 0.1) is 17.8 Å². The molecule has 22 heavy (non-hydrogen) atoms. The van der Waals surface area contributed by atoms with Crippen molar-refractivity contribution in [3.05, 3.63) is 39.4 Å². The van der Waals surface area contributed by atoms with Crippen LogP contribution in [-0.4, -0.2) is 27.7 Å². The fourth-order valence-corrected chi connectivity index (χ4v) is 2.32. The van der Waals surface area contributed by atoms with E-state index in [0.29, 0.717) is 22.2 Å². The molecular formula is C15H19ClN4OS. The number of rotatable bonds is 7. The zero-order chi connectivity index (χ0) is 15.9. The summed E-state index contributed by atoms with van der Waals surface area (Å²) >= 11 is 11.4. The number of halogens is 1. The van der Waals surface area contributed by atoms with Gasteiger partial charge in [-0.3, -0.25) is 5.10 Å². The second-order valence-corrected chi connectivity index (χ2v) is 5.58. The molecule has 0 bridgehead atoms. The van der Waals surface area contributed by atoms with Crippen molar-refractivity contribution in [2.75, 3.05) is 6.61 Å². The molecule has 0 atom stereocenters. The maximum absolute atomic E-state index is 6.21. The van der Waals surface area contributed by atoms with E-state index >= 15 is 0 Å². The van der Waals surface area contributed by atoms with Gasteiger partial charge in [0.25, 0.3) is 0 Å². The molecule has 0 saturated carbocycles. The third-order valence-corrected chi connectivity index (χ3v) is 3.49. The standard InChI is InChI=1S/C15H19ClN4OS/c1-3-5-14-18-19-15(22)20(14)17-10-11-6-7-13(12(16)9-11)21-8-4-2/h6-7,9-10H,3-5,8H2,1-2H3,(H,19,22)/b17-10-. The van der Waals surface area contributed by atoms with Crippen LogP contribution in [0.2, 0.25) is 5.02 Å². The fraction of sp³-hybridized carbons (Fsp3) is 0.400. The van der Waals surface area contributed by atoms with Gasteiger partial charge in [-0.2, -0.15) is 14.9 Å². The lowest BCUT2D eigenvalue weighted by Crippen LogP contribution is -1.99. The molecule has 0 unspecified atom stereocenters. The maximum atomic E-state index is 6.21. The van der Waals surface area contributed by atoms with E-state index in [1.54, 1.807) is 10.9 Å². The van der Waals surface area contributed by atoms with E-state index in [1.807, 2.05) is 18.2 Å². The van der Waals surface area contributed by atoms with E-state index in [0.717, 1.165) is 30.7 Å². The molecule has 1 N–H and O–H groups in total. The average Bonchev–Trinajstić information content (AvgIpc) is 2.85. The molecule has 0 amide bonds. The summed E-state index contributed by atoms with van der Waals surface area (Å²) in [5.74, 6) is 1.50. The van der Waals surface area contributed by atoms with Crippen LogP contribution in [0.5, 0.6) is 5.75 Å². The highest BCUT2D eigenvalue weighted by Gasteiger charge is 2.04. The third-order valence-electron chi connectivity index (χ3n) is 2.93. The first-order chi connectivity index (χ1) is 10.7. The maximum Gasteiger partial charge on any atom is 0.216 e. The Morgan fingerprint density at radius 2 is 2.23 bits per heavy atom. The van der Waals surface area contributed by atoms with Gasteiger partial charge >= 0.3 is 0 Å². The number of benzene rings is 1. The minimum atomic E-state index is 0.480. The van der Waals surface area contributed by atoms with E-state index in [4.69, 9.17) is 28.6 Å². The van der Waals surface area contributed by atoms with Crippen molar-refractivity contribution in [1.29, 1.82) is 0 Å². The minimum absolute atomic E-state index is 0.480. The Hall–Kier alpha value is -1.66. The number of nitrogens with one attached hydrogen (secondary N) is 1. The Morgan fingerprint density at radius 1 is 1.41 bits per heavy atom. The van der Waals surface area contributed by atoms with Crippen molar-refractivity contribution in [2.24, 2.45) is 5.10 Å². The molecular weight excluding hydrogens is 320 g/mol. The van der Waals surface area contributed by atoms with Crippen LogP contribution in [0.25, 0.3) is 0 Å². The van der Waals surface area contributed by atoms with Gasteiger partial charge in [-0.05, 0) is 48.8 Å². The van der Waals surface area contributed by atoms with Gasteiger partial charge in [0.2, 0.25) is 4.77 Å². The molecule has 7 heteroatoms. The van der Waals surface area contributed by atoms with Crippen molar-refractivity contribution >= 4 is 30.0 Å². The second-order valence-electron chi connectivity index (χ2n) is 4.79. The Morgan fingerprint density at radius 3 is 2.91 bits per heavy atom. The largest absolute Gasteiger partial charge is 0.492 e. The molecule has 0 aliphatic carbocycles. The number of aromatic amines is 1. The summed E-state index contributed by atoms with van der Waals surface area (Å²) in [5.41, 5.74) is 0.874. The molecule has 5 nitrogen and oxygen atoms in total. The van der Waals surface area contributed by atoms with Gasteiger partial charge in [-0.15, -0.1) is 0 Å². The van der Waals surface area contributed by atoms with Crippen molar-refractivity contribution in [3.8, 4) is 5.75 Å². The molecule has 0 aliphatic heterocycles. The zero-order valence-corrected chi connectivity index (χ0v) is 14.2. The number of H-pyrrole nitrogens is 1.